The third kappa shape index (κ3) is 2.64. The maximum Gasteiger partial charge on any atom is 0.175 e. The number of halogens is 1. The average Bonchev–Trinajstić information content (AvgIpc) is 3.08. The summed E-state index contributed by atoms with van der Waals surface area (Å²) >= 11 is 3.57. The highest BCUT2D eigenvalue weighted by Crippen LogP contribution is 2.38. The van der Waals surface area contributed by atoms with Gasteiger partial charge in [-0.1, -0.05) is 6.92 Å². The van der Waals surface area contributed by atoms with Gasteiger partial charge in [0.25, 0.3) is 0 Å². The van der Waals surface area contributed by atoms with E-state index >= 15 is 0 Å². The molecule has 1 aliphatic heterocycles. The van der Waals surface area contributed by atoms with Crippen LogP contribution in [0.3, 0.4) is 0 Å². The van der Waals surface area contributed by atoms with Crippen LogP contribution in [0, 0.1) is 5.92 Å². The van der Waals surface area contributed by atoms with Gasteiger partial charge >= 0.3 is 0 Å². The molecule has 18 heavy (non-hydrogen) atoms. The van der Waals surface area contributed by atoms with Crippen LogP contribution in [0.1, 0.15) is 25.3 Å². The second-order valence-corrected chi connectivity index (χ2v) is 6.01. The van der Waals surface area contributed by atoms with Gasteiger partial charge < -0.3 is 14.8 Å². The maximum atomic E-state index is 5.73. The Kier molecular flexibility index (Phi) is 3.48. The monoisotopic (exact) mass is 311 g/mol. The Labute approximate surface area is 116 Å². The molecule has 3 nitrogen and oxygen atoms in total. The lowest BCUT2D eigenvalue weighted by molar-refractivity contribution is 0.296. The number of hydrogen-bond donors (Lipinski definition) is 1. The molecular formula is C14H18BrNO2. The lowest BCUT2D eigenvalue weighted by Crippen LogP contribution is -2.17. The number of fused-ring (bicyclic) bond motifs is 1. The SMILES string of the molecule is CC1CC1NCc1cc(Br)c2c(c1)OCCCO2. The molecule has 1 N–H and O–H groups in total. The van der Waals surface area contributed by atoms with Gasteiger partial charge in [-0.15, -0.1) is 0 Å². The average molecular weight is 312 g/mol. The molecule has 1 saturated carbocycles. The molecule has 1 aliphatic carbocycles. The fourth-order valence-corrected chi connectivity index (χ4v) is 2.85. The number of rotatable bonds is 3. The Balaban J connectivity index is 1.74. The topological polar surface area (TPSA) is 30.5 Å². The summed E-state index contributed by atoms with van der Waals surface area (Å²) in [6.45, 7) is 4.63. The van der Waals surface area contributed by atoms with Gasteiger partial charge in [0.15, 0.2) is 11.5 Å². The van der Waals surface area contributed by atoms with Crippen LogP contribution < -0.4 is 14.8 Å². The molecule has 2 aliphatic rings. The van der Waals surface area contributed by atoms with Gasteiger partial charge in [0, 0.05) is 19.0 Å². The van der Waals surface area contributed by atoms with Gasteiger partial charge in [-0.25, -0.2) is 0 Å². The highest BCUT2D eigenvalue weighted by Gasteiger charge is 2.31. The van der Waals surface area contributed by atoms with Crippen LogP contribution in [0.25, 0.3) is 0 Å². The number of hydrogen-bond acceptors (Lipinski definition) is 3. The summed E-state index contributed by atoms with van der Waals surface area (Å²) in [5, 5.41) is 3.56. The molecule has 1 heterocycles. The van der Waals surface area contributed by atoms with Crippen LogP contribution in [0.15, 0.2) is 16.6 Å². The van der Waals surface area contributed by atoms with Crippen molar-refractivity contribution in [1.29, 1.82) is 0 Å². The predicted octanol–water partition coefficient (Wildman–Crippen LogP) is 3.11. The third-order valence-corrected chi connectivity index (χ3v) is 4.13. The first-order valence-corrected chi connectivity index (χ1v) is 7.35. The van der Waals surface area contributed by atoms with Crippen molar-refractivity contribution in [3.8, 4) is 11.5 Å². The van der Waals surface area contributed by atoms with Crippen LogP contribution in [0.2, 0.25) is 0 Å². The van der Waals surface area contributed by atoms with Crippen LogP contribution in [-0.2, 0) is 6.54 Å². The summed E-state index contributed by atoms with van der Waals surface area (Å²) in [6, 6.07) is 4.90. The van der Waals surface area contributed by atoms with Crippen molar-refractivity contribution in [3.63, 3.8) is 0 Å². The summed E-state index contributed by atoms with van der Waals surface area (Å²) in [5.41, 5.74) is 1.24. The van der Waals surface area contributed by atoms with Crippen molar-refractivity contribution in [1.82, 2.24) is 5.32 Å². The Morgan fingerprint density at radius 2 is 2.11 bits per heavy atom. The van der Waals surface area contributed by atoms with Crippen molar-refractivity contribution in [2.24, 2.45) is 5.92 Å². The molecule has 3 rings (SSSR count). The standard InChI is InChI=1S/C14H18BrNO2/c1-9-5-12(9)16-8-10-6-11(15)14-13(7-10)17-3-2-4-18-14/h6-7,9,12,16H,2-5,8H2,1H3. The smallest absolute Gasteiger partial charge is 0.175 e. The Morgan fingerprint density at radius 1 is 1.33 bits per heavy atom. The lowest BCUT2D eigenvalue weighted by atomic mass is 10.2. The van der Waals surface area contributed by atoms with Gasteiger partial charge in [0.05, 0.1) is 17.7 Å². The molecule has 2 unspecified atom stereocenters. The molecule has 0 bridgehead atoms. The lowest BCUT2D eigenvalue weighted by Gasteiger charge is -2.12. The van der Waals surface area contributed by atoms with E-state index in [-0.39, 0.29) is 0 Å². The number of benzene rings is 1. The van der Waals surface area contributed by atoms with Crippen LogP contribution >= 0.6 is 15.9 Å². The quantitative estimate of drug-likeness (QED) is 0.930. The largest absolute Gasteiger partial charge is 0.490 e. The molecule has 0 saturated heterocycles. The molecule has 1 aromatic carbocycles. The van der Waals surface area contributed by atoms with Gasteiger partial charge in [0.1, 0.15) is 0 Å². The van der Waals surface area contributed by atoms with Gasteiger partial charge in [-0.2, -0.15) is 0 Å². The molecule has 4 heteroatoms. The van der Waals surface area contributed by atoms with Gasteiger partial charge in [-0.05, 0) is 46.0 Å². The van der Waals surface area contributed by atoms with E-state index in [1.54, 1.807) is 0 Å². The van der Waals surface area contributed by atoms with Crippen molar-refractivity contribution < 1.29 is 9.47 Å². The summed E-state index contributed by atoms with van der Waals surface area (Å²) in [6.07, 6.45) is 2.24. The molecule has 0 aromatic heterocycles. The van der Waals surface area contributed by atoms with E-state index in [9.17, 15) is 0 Å². The van der Waals surface area contributed by atoms with Crippen LogP contribution in [0.4, 0.5) is 0 Å². The highest BCUT2D eigenvalue weighted by molar-refractivity contribution is 9.10. The minimum Gasteiger partial charge on any atom is -0.490 e. The molecule has 2 atom stereocenters. The first-order chi connectivity index (χ1) is 8.74. The molecule has 1 fully saturated rings. The van der Waals surface area contributed by atoms with E-state index in [0.29, 0.717) is 6.04 Å². The Hall–Kier alpha value is -0.740. The zero-order valence-electron chi connectivity index (χ0n) is 10.5. The molecule has 0 amide bonds. The Morgan fingerprint density at radius 3 is 2.89 bits per heavy atom. The van der Waals surface area contributed by atoms with E-state index in [1.807, 2.05) is 0 Å². The van der Waals surface area contributed by atoms with Crippen molar-refractivity contribution in [3.05, 3.63) is 22.2 Å². The molecule has 0 radical (unpaired) electrons. The molecular weight excluding hydrogens is 294 g/mol. The first-order valence-electron chi connectivity index (χ1n) is 6.55. The van der Waals surface area contributed by atoms with Gasteiger partial charge in [-0.3, -0.25) is 0 Å². The summed E-state index contributed by atoms with van der Waals surface area (Å²) < 4.78 is 12.4. The fourth-order valence-electron chi connectivity index (χ4n) is 2.24. The molecule has 1 aromatic rings. The van der Waals surface area contributed by atoms with E-state index in [0.717, 1.165) is 48.1 Å². The van der Waals surface area contributed by atoms with Crippen molar-refractivity contribution >= 4 is 15.9 Å². The van der Waals surface area contributed by atoms with E-state index < -0.39 is 0 Å². The van der Waals surface area contributed by atoms with E-state index in [2.05, 4.69) is 40.3 Å². The zero-order chi connectivity index (χ0) is 12.5. The minimum absolute atomic E-state index is 0.694. The third-order valence-electron chi connectivity index (χ3n) is 3.54. The second-order valence-electron chi connectivity index (χ2n) is 5.16. The van der Waals surface area contributed by atoms with Crippen molar-refractivity contribution in [2.45, 2.75) is 32.4 Å². The summed E-state index contributed by atoms with van der Waals surface area (Å²) in [4.78, 5) is 0. The zero-order valence-corrected chi connectivity index (χ0v) is 12.1. The summed E-state index contributed by atoms with van der Waals surface area (Å²) in [5.74, 6) is 2.53. The van der Waals surface area contributed by atoms with Crippen LogP contribution in [-0.4, -0.2) is 19.3 Å². The van der Waals surface area contributed by atoms with E-state index in [1.165, 1.54) is 12.0 Å². The fraction of sp³-hybridized carbons (Fsp3) is 0.571. The van der Waals surface area contributed by atoms with E-state index in [4.69, 9.17) is 9.47 Å². The number of ether oxygens (including phenoxy) is 2. The maximum absolute atomic E-state index is 5.73. The normalized spacial score (nSPS) is 25.7. The van der Waals surface area contributed by atoms with Crippen molar-refractivity contribution in [2.75, 3.05) is 13.2 Å². The van der Waals surface area contributed by atoms with Crippen LogP contribution in [0.5, 0.6) is 11.5 Å². The molecule has 0 spiro atoms. The second kappa shape index (κ2) is 5.10. The first kappa shape index (κ1) is 12.3. The minimum atomic E-state index is 0.694. The molecule has 98 valence electrons. The van der Waals surface area contributed by atoms with Gasteiger partial charge in [0.2, 0.25) is 0 Å². The predicted molar refractivity (Wildman–Crippen MR) is 74.2 cm³/mol. The summed E-state index contributed by atoms with van der Waals surface area (Å²) in [7, 11) is 0. The highest BCUT2D eigenvalue weighted by atomic mass is 79.9. The number of nitrogens with one attached hydrogen (secondary N) is 1. The Bertz CT molecular complexity index is 450.